The van der Waals surface area contributed by atoms with Crippen molar-refractivity contribution < 1.29 is 15.3 Å². The number of hydrogen-bond donors (Lipinski definition) is 3. The van der Waals surface area contributed by atoms with Crippen LogP contribution in [0.4, 0.5) is 0 Å². The van der Waals surface area contributed by atoms with Crippen molar-refractivity contribution in [3.63, 3.8) is 0 Å². The Balaban J connectivity index is 2.65. The van der Waals surface area contributed by atoms with Crippen LogP contribution in [-0.4, -0.2) is 15.3 Å². The lowest BCUT2D eigenvalue weighted by molar-refractivity contribution is 0.459. The third kappa shape index (κ3) is 2.50. The first-order valence-corrected chi connectivity index (χ1v) is 6.43. The van der Waals surface area contributed by atoms with Crippen molar-refractivity contribution >= 4 is 0 Å². The third-order valence-corrected chi connectivity index (χ3v) is 3.35. The molecule has 0 heterocycles. The highest BCUT2D eigenvalue weighted by atomic mass is 16.3. The average molecular weight is 258 g/mol. The molecule has 0 spiro atoms. The summed E-state index contributed by atoms with van der Waals surface area (Å²) in [5.74, 6) is 0.221. The van der Waals surface area contributed by atoms with Crippen molar-refractivity contribution in [2.75, 3.05) is 0 Å². The fourth-order valence-corrected chi connectivity index (χ4v) is 2.29. The molecule has 0 aliphatic rings. The van der Waals surface area contributed by atoms with Gasteiger partial charge in [-0.2, -0.15) is 0 Å². The van der Waals surface area contributed by atoms with Gasteiger partial charge in [-0.3, -0.25) is 0 Å². The normalized spacial score (nSPS) is 10.6. The Bertz CT molecular complexity index is 603. The van der Waals surface area contributed by atoms with Gasteiger partial charge in [-0.15, -0.1) is 0 Å². The summed E-state index contributed by atoms with van der Waals surface area (Å²) in [5.41, 5.74) is 3.22. The predicted octanol–water partition coefficient (Wildman–Crippen LogP) is 3.60. The molecular weight excluding hydrogens is 240 g/mol. The van der Waals surface area contributed by atoms with E-state index in [2.05, 4.69) is 6.92 Å². The van der Waals surface area contributed by atoms with Gasteiger partial charge < -0.3 is 15.3 Å². The highest BCUT2D eigenvalue weighted by Crippen LogP contribution is 2.39. The first-order valence-electron chi connectivity index (χ1n) is 6.43. The summed E-state index contributed by atoms with van der Waals surface area (Å²) < 4.78 is 0. The van der Waals surface area contributed by atoms with E-state index in [1.165, 1.54) is 18.2 Å². The van der Waals surface area contributed by atoms with Crippen molar-refractivity contribution in [1.29, 1.82) is 0 Å². The maximum Gasteiger partial charge on any atom is 0.123 e. The number of aryl methyl sites for hydroxylation is 2. The number of phenols is 3. The van der Waals surface area contributed by atoms with Crippen molar-refractivity contribution in [2.24, 2.45) is 0 Å². The van der Waals surface area contributed by atoms with Gasteiger partial charge in [-0.25, -0.2) is 0 Å². The second kappa shape index (κ2) is 5.22. The number of phenolic OH excluding ortho intramolecular Hbond substituents is 3. The summed E-state index contributed by atoms with van der Waals surface area (Å²) >= 11 is 0. The van der Waals surface area contributed by atoms with E-state index in [1.54, 1.807) is 6.07 Å². The van der Waals surface area contributed by atoms with E-state index in [0.717, 1.165) is 24.0 Å². The number of benzene rings is 2. The van der Waals surface area contributed by atoms with Gasteiger partial charge in [0.05, 0.1) is 0 Å². The van der Waals surface area contributed by atoms with E-state index in [9.17, 15) is 15.3 Å². The monoisotopic (exact) mass is 258 g/mol. The lowest BCUT2D eigenvalue weighted by Crippen LogP contribution is -1.93. The molecule has 0 amide bonds. The zero-order chi connectivity index (χ0) is 14.0. The molecule has 0 unspecified atom stereocenters. The number of rotatable bonds is 3. The third-order valence-electron chi connectivity index (χ3n) is 3.35. The van der Waals surface area contributed by atoms with E-state index < -0.39 is 0 Å². The zero-order valence-corrected chi connectivity index (χ0v) is 11.1. The molecule has 0 aliphatic carbocycles. The van der Waals surface area contributed by atoms with Crippen LogP contribution in [0.15, 0.2) is 30.3 Å². The van der Waals surface area contributed by atoms with Crippen molar-refractivity contribution in [3.8, 4) is 28.4 Å². The van der Waals surface area contributed by atoms with Crippen LogP contribution in [0.3, 0.4) is 0 Å². The van der Waals surface area contributed by atoms with Gasteiger partial charge in [0.1, 0.15) is 17.2 Å². The van der Waals surface area contributed by atoms with Crippen molar-refractivity contribution in [2.45, 2.75) is 26.7 Å². The minimum atomic E-state index is 0.0411. The summed E-state index contributed by atoms with van der Waals surface area (Å²) in [5, 5.41) is 29.5. The standard InChI is InChI=1S/C16H18O3/c1-3-10-7-13(16(19)8-11(10)4-2)14-9-12(17)5-6-15(14)18/h5-9,17-19H,3-4H2,1-2H3. The zero-order valence-electron chi connectivity index (χ0n) is 11.1. The minimum absolute atomic E-state index is 0.0411. The van der Waals surface area contributed by atoms with Crippen LogP contribution in [0.1, 0.15) is 25.0 Å². The van der Waals surface area contributed by atoms with Crippen molar-refractivity contribution in [1.82, 2.24) is 0 Å². The maximum atomic E-state index is 10.1. The molecule has 3 nitrogen and oxygen atoms in total. The Kier molecular flexibility index (Phi) is 3.65. The van der Waals surface area contributed by atoms with E-state index in [1.807, 2.05) is 13.0 Å². The smallest absolute Gasteiger partial charge is 0.123 e. The van der Waals surface area contributed by atoms with Crippen LogP contribution in [0.25, 0.3) is 11.1 Å². The molecule has 0 aromatic heterocycles. The average Bonchev–Trinajstić information content (AvgIpc) is 2.41. The fraction of sp³-hybridized carbons (Fsp3) is 0.250. The summed E-state index contributed by atoms with van der Waals surface area (Å²) in [6.07, 6.45) is 1.71. The van der Waals surface area contributed by atoms with E-state index in [4.69, 9.17) is 0 Å². The summed E-state index contributed by atoms with van der Waals surface area (Å²) in [4.78, 5) is 0. The first kappa shape index (κ1) is 13.3. The summed E-state index contributed by atoms with van der Waals surface area (Å²) in [6.45, 7) is 4.09. The second-order valence-electron chi connectivity index (χ2n) is 4.55. The van der Waals surface area contributed by atoms with Gasteiger partial charge in [0.2, 0.25) is 0 Å². The number of hydrogen-bond acceptors (Lipinski definition) is 3. The van der Waals surface area contributed by atoms with E-state index >= 15 is 0 Å². The van der Waals surface area contributed by atoms with Crippen LogP contribution in [0, 0.1) is 0 Å². The maximum absolute atomic E-state index is 10.1. The second-order valence-corrected chi connectivity index (χ2v) is 4.55. The van der Waals surface area contributed by atoms with Crippen molar-refractivity contribution in [3.05, 3.63) is 41.5 Å². The molecule has 2 aromatic rings. The molecule has 2 rings (SSSR count). The largest absolute Gasteiger partial charge is 0.508 e. The Morgan fingerprint density at radius 1 is 0.737 bits per heavy atom. The molecule has 100 valence electrons. The van der Waals surface area contributed by atoms with Crippen LogP contribution >= 0.6 is 0 Å². The SMILES string of the molecule is CCc1cc(O)c(-c2cc(O)ccc2O)cc1CC. The van der Waals surface area contributed by atoms with Gasteiger partial charge in [-0.05, 0) is 54.3 Å². The van der Waals surface area contributed by atoms with Gasteiger partial charge in [0, 0.05) is 11.1 Å². The number of aromatic hydroxyl groups is 3. The summed E-state index contributed by atoms with van der Waals surface area (Å²) in [7, 11) is 0. The molecule has 0 aliphatic heterocycles. The van der Waals surface area contributed by atoms with Gasteiger partial charge in [-0.1, -0.05) is 13.8 Å². The Morgan fingerprint density at radius 3 is 1.95 bits per heavy atom. The Labute approximate surface area is 112 Å². The lowest BCUT2D eigenvalue weighted by Gasteiger charge is -2.13. The molecular formula is C16H18O3. The fourth-order valence-electron chi connectivity index (χ4n) is 2.29. The molecule has 3 N–H and O–H groups in total. The summed E-state index contributed by atoms with van der Waals surface area (Å²) in [6, 6.07) is 7.90. The highest BCUT2D eigenvalue weighted by Gasteiger charge is 2.13. The molecule has 3 heteroatoms. The Morgan fingerprint density at radius 2 is 1.32 bits per heavy atom. The molecule has 0 bridgehead atoms. The molecule has 0 saturated heterocycles. The van der Waals surface area contributed by atoms with E-state index in [-0.39, 0.29) is 17.2 Å². The quantitative estimate of drug-likeness (QED) is 0.737. The molecule has 0 saturated carbocycles. The Hall–Kier alpha value is -2.16. The topological polar surface area (TPSA) is 60.7 Å². The lowest BCUT2D eigenvalue weighted by atomic mass is 9.95. The predicted molar refractivity (Wildman–Crippen MR) is 75.6 cm³/mol. The molecule has 19 heavy (non-hydrogen) atoms. The van der Waals surface area contributed by atoms with Crippen LogP contribution in [0.5, 0.6) is 17.2 Å². The molecule has 2 aromatic carbocycles. The molecule has 0 fully saturated rings. The van der Waals surface area contributed by atoms with E-state index in [0.29, 0.717) is 11.1 Å². The van der Waals surface area contributed by atoms with Crippen LogP contribution in [-0.2, 0) is 12.8 Å². The van der Waals surface area contributed by atoms with Crippen LogP contribution in [0.2, 0.25) is 0 Å². The molecule has 0 atom stereocenters. The van der Waals surface area contributed by atoms with Gasteiger partial charge in [0.15, 0.2) is 0 Å². The van der Waals surface area contributed by atoms with Gasteiger partial charge >= 0.3 is 0 Å². The highest BCUT2D eigenvalue weighted by molar-refractivity contribution is 5.77. The van der Waals surface area contributed by atoms with Gasteiger partial charge in [0.25, 0.3) is 0 Å². The molecule has 0 radical (unpaired) electrons. The minimum Gasteiger partial charge on any atom is -0.508 e. The first-order chi connectivity index (χ1) is 9.06. The van der Waals surface area contributed by atoms with Crippen LogP contribution < -0.4 is 0 Å².